The van der Waals surface area contributed by atoms with Crippen molar-refractivity contribution in [2.24, 2.45) is 0 Å². The summed E-state index contributed by atoms with van der Waals surface area (Å²) in [6.45, 7) is 3.55. The number of amides is 2. The van der Waals surface area contributed by atoms with Gasteiger partial charge in [0, 0.05) is 13.3 Å². The molecule has 4 nitrogen and oxygen atoms in total. The third kappa shape index (κ3) is 9.65. The fraction of sp³-hybridized carbons (Fsp3) is 0.867. The van der Waals surface area contributed by atoms with Crippen molar-refractivity contribution in [3.8, 4) is 0 Å². The molecule has 0 rings (SSSR count). The minimum absolute atomic E-state index is 0.238. The number of carbonyl (C=O) groups is 2. The Morgan fingerprint density at radius 2 is 1.37 bits per heavy atom. The van der Waals surface area contributed by atoms with Crippen molar-refractivity contribution in [1.29, 1.82) is 0 Å². The van der Waals surface area contributed by atoms with Crippen LogP contribution >= 0.6 is 0 Å². The Morgan fingerprint density at radius 1 is 0.895 bits per heavy atom. The molecular weight excluding hydrogens is 242 g/mol. The van der Waals surface area contributed by atoms with Gasteiger partial charge in [0.05, 0.1) is 7.11 Å². The lowest BCUT2D eigenvalue weighted by molar-refractivity contribution is -0.185. The molecule has 0 aliphatic carbocycles. The third-order valence-corrected chi connectivity index (χ3v) is 3.19. The van der Waals surface area contributed by atoms with E-state index < -0.39 is 0 Å². The highest BCUT2D eigenvalue weighted by molar-refractivity contribution is 5.92. The Bertz CT molecular complexity index is 254. The molecule has 0 radical (unpaired) electrons. The Morgan fingerprint density at radius 3 is 1.79 bits per heavy atom. The van der Waals surface area contributed by atoms with Crippen LogP contribution in [0.3, 0.4) is 0 Å². The predicted octanol–water partition coefficient (Wildman–Crippen LogP) is 3.84. The Hall–Kier alpha value is -0.900. The molecule has 0 fully saturated rings. The lowest BCUT2D eigenvalue weighted by atomic mass is 10.1. The normalized spacial score (nSPS) is 10.5. The fourth-order valence-electron chi connectivity index (χ4n) is 2.09. The van der Waals surface area contributed by atoms with Crippen LogP contribution in [0.25, 0.3) is 0 Å². The molecule has 0 aromatic carbocycles. The maximum atomic E-state index is 11.6. The molecule has 112 valence electrons. The van der Waals surface area contributed by atoms with Gasteiger partial charge in [-0.2, -0.15) is 5.06 Å². The molecule has 0 unspecified atom stereocenters. The molecule has 0 heterocycles. The van der Waals surface area contributed by atoms with Crippen LogP contribution in [0, 0.1) is 0 Å². The molecule has 0 aliphatic rings. The zero-order valence-corrected chi connectivity index (χ0v) is 12.7. The van der Waals surface area contributed by atoms with Crippen LogP contribution < -0.4 is 0 Å². The first-order valence-electron chi connectivity index (χ1n) is 7.51. The largest absolute Gasteiger partial charge is 0.272 e. The van der Waals surface area contributed by atoms with E-state index in [4.69, 9.17) is 4.84 Å². The van der Waals surface area contributed by atoms with Crippen molar-refractivity contribution in [3.63, 3.8) is 0 Å². The van der Waals surface area contributed by atoms with Crippen LogP contribution in [-0.4, -0.2) is 24.0 Å². The molecule has 2 amide bonds. The van der Waals surface area contributed by atoms with Gasteiger partial charge in [-0.15, -0.1) is 0 Å². The summed E-state index contributed by atoms with van der Waals surface area (Å²) in [6.07, 6.45) is 11.3. The van der Waals surface area contributed by atoms with E-state index in [1.807, 2.05) is 0 Å². The molecule has 0 saturated heterocycles. The van der Waals surface area contributed by atoms with Crippen molar-refractivity contribution in [3.05, 3.63) is 0 Å². The lowest BCUT2D eigenvalue weighted by Gasteiger charge is -2.15. The van der Waals surface area contributed by atoms with Crippen LogP contribution in [0.5, 0.6) is 0 Å². The number of nitrogens with zero attached hydrogens (tertiary/aromatic N) is 1. The van der Waals surface area contributed by atoms with E-state index in [9.17, 15) is 9.59 Å². The van der Waals surface area contributed by atoms with Crippen LogP contribution in [0.1, 0.15) is 78.1 Å². The predicted molar refractivity (Wildman–Crippen MR) is 76.4 cm³/mol. The van der Waals surface area contributed by atoms with E-state index in [0.717, 1.165) is 17.9 Å². The second kappa shape index (κ2) is 12.2. The van der Waals surface area contributed by atoms with E-state index in [1.54, 1.807) is 0 Å². The molecular formula is C15H29NO3. The first-order chi connectivity index (χ1) is 9.13. The quantitative estimate of drug-likeness (QED) is 0.423. The fourth-order valence-corrected chi connectivity index (χ4v) is 2.09. The Kier molecular flexibility index (Phi) is 11.6. The van der Waals surface area contributed by atoms with Crippen molar-refractivity contribution in [2.75, 3.05) is 7.11 Å². The van der Waals surface area contributed by atoms with Gasteiger partial charge in [0.2, 0.25) is 5.91 Å². The summed E-state index contributed by atoms with van der Waals surface area (Å²) in [4.78, 5) is 27.4. The van der Waals surface area contributed by atoms with Crippen LogP contribution in [0.2, 0.25) is 0 Å². The van der Waals surface area contributed by atoms with Gasteiger partial charge in [0.15, 0.2) is 0 Å². The molecule has 0 aromatic rings. The monoisotopic (exact) mass is 271 g/mol. The van der Waals surface area contributed by atoms with E-state index in [0.29, 0.717) is 6.42 Å². The van der Waals surface area contributed by atoms with Crippen molar-refractivity contribution < 1.29 is 14.4 Å². The summed E-state index contributed by atoms with van der Waals surface area (Å²) in [7, 11) is 1.34. The summed E-state index contributed by atoms with van der Waals surface area (Å²) >= 11 is 0. The van der Waals surface area contributed by atoms with Gasteiger partial charge in [-0.3, -0.25) is 14.4 Å². The summed E-state index contributed by atoms with van der Waals surface area (Å²) < 4.78 is 0. The van der Waals surface area contributed by atoms with E-state index in [2.05, 4.69) is 6.92 Å². The van der Waals surface area contributed by atoms with Gasteiger partial charge in [0.25, 0.3) is 5.91 Å². The highest BCUT2D eigenvalue weighted by atomic mass is 16.7. The standard InChI is InChI=1S/C15H29NO3/c1-4-5-6-7-8-9-10-11-12-13-15(18)16(19-3)14(2)17/h4-13H2,1-3H3. The number of hydroxylamine groups is 2. The second-order valence-corrected chi connectivity index (χ2v) is 4.97. The number of hydrogen-bond donors (Lipinski definition) is 0. The molecule has 0 saturated carbocycles. The first-order valence-corrected chi connectivity index (χ1v) is 7.51. The molecule has 0 atom stereocenters. The minimum Gasteiger partial charge on any atom is -0.272 e. The van der Waals surface area contributed by atoms with Crippen molar-refractivity contribution in [1.82, 2.24) is 5.06 Å². The van der Waals surface area contributed by atoms with Gasteiger partial charge >= 0.3 is 0 Å². The molecule has 0 aromatic heterocycles. The topological polar surface area (TPSA) is 46.6 Å². The SMILES string of the molecule is CCCCCCCCCCCC(=O)N(OC)C(C)=O. The van der Waals surface area contributed by atoms with E-state index in [1.165, 1.54) is 59.0 Å². The van der Waals surface area contributed by atoms with Gasteiger partial charge in [-0.05, 0) is 6.42 Å². The molecule has 0 spiro atoms. The zero-order chi connectivity index (χ0) is 14.5. The van der Waals surface area contributed by atoms with Crippen LogP contribution in [-0.2, 0) is 14.4 Å². The summed E-state index contributed by atoms with van der Waals surface area (Å²) in [6, 6.07) is 0. The van der Waals surface area contributed by atoms with E-state index >= 15 is 0 Å². The van der Waals surface area contributed by atoms with Gasteiger partial charge < -0.3 is 0 Å². The first kappa shape index (κ1) is 18.1. The molecule has 0 bridgehead atoms. The average Bonchev–Trinajstić information content (AvgIpc) is 2.37. The number of imide groups is 1. The highest BCUT2D eigenvalue weighted by Gasteiger charge is 2.16. The van der Waals surface area contributed by atoms with Gasteiger partial charge in [0.1, 0.15) is 0 Å². The molecule has 4 heteroatoms. The Labute approximate surface area is 117 Å². The maximum absolute atomic E-state index is 11.6. The minimum atomic E-state index is -0.358. The number of unbranched alkanes of at least 4 members (excludes halogenated alkanes) is 8. The summed E-state index contributed by atoms with van der Waals surface area (Å²) in [5.41, 5.74) is 0. The van der Waals surface area contributed by atoms with Crippen LogP contribution in [0.15, 0.2) is 0 Å². The number of carbonyl (C=O) groups excluding carboxylic acids is 2. The zero-order valence-electron chi connectivity index (χ0n) is 12.7. The van der Waals surface area contributed by atoms with Crippen LogP contribution in [0.4, 0.5) is 0 Å². The van der Waals surface area contributed by atoms with Crippen molar-refractivity contribution in [2.45, 2.75) is 78.1 Å². The van der Waals surface area contributed by atoms with E-state index in [-0.39, 0.29) is 11.8 Å². The van der Waals surface area contributed by atoms with Gasteiger partial charge in [-0.1, -0.05) is 58.3 Å². The lowest BCUT2D eigenvalue weighted by Crippen LogP contribution is -2.33. The molecule has 19 heavy (non-hydrogen) atoms. The Balaban J connectivity index is 3.43. The second-order valence-electron chi connectivity index (χ2n) is 4.97. The summed E-state index contributed by atoms with van der Waals surface area (Å²) in [5.74, 6) is -0.596. The number of rotatable bonds is 11. The average molecular weight is 271 g/mol. The number of hydrogen-bond acceptors (Lipinski definition) is 3. The molecule has 0 aliphatic heterocycles. The maximum Gasteiger partial charge on any atom is 0.253 e. The third-order valence-electron chi connectivity index (χ3n) is 3.19. The molecule has 0 N–H and O–H groups in total. The highest BCUT2D eigenvalue weighted by Crippen LogP contribution is 2.11. The summed E-state index contributed by atoms with van der Waals surface area (Å²) in [5, 5.41) is 0.838. The van der Waals surface area contributed by atoms with Crippen molar-refractivity contribution >= 4 is 11.8 Å². The van der Waals surface area contributed by atoms with Gasteiger partial charge in [-0.25, -0.2) is 0 Å². The smallest absolute Gasteiger partial charge is 0.253 e.